The second-order valence-electron chi connectivity index (χ2n) is 10.9. The number of benzene rings is 2. The molecule has 0 amide bonds. The minimum Gasteiger partial charge on any atom is -0.491 e. The molecule has 0 spiro atoms. The van der Waals surface area contributed by atoms with Gasteiger partial charge >= 0.3 is 0 Å². The number of aromatic nitrogens is 4. The molecule has 194 valence electrons. The maximum atomic E-state index is 6.36. The normalized spacial score (nSPS) is 13.4. The van der Waals surface area contributed by atoms with Gasteiger partial charge in [0.2, 0.25) is 0 Å². The molecular formula is C32H35N5O. The van der Waals surface area contributed by atoms with Crippen molar-refractivity contribution >= 4 is 16.7 Å². The topological polar surface area (TPSA) is 59.0 Å². The van der Waals surface area contributed by atoms with E-state index in [1.165, 1.54) is 27.6 Å². The van der Waals surface area contributed by atoms with Crippen LogP contribution in [-0.4, -0.2) is 32.9 Å². The van der Waals surface area contributed by atoms with Crippen molar-refractivity contribution in [3.05, 3.63) is 88.9 Å². The molecule has 3 aromatic heterocycles. The van der Waals surface area contributed by atoms with E-state index < -0.39 is 0 Å². The average molecular weight is 506 g/mol. The first-order chi connectivity index (χ1) is 18.4. The number of nitrogens with zero attached hydrogens (tertiary/aromatic N) is 4. The van der Waals surface area contributed by atoms with Crippen molar-refractivity contribution in [3.8, 4) is 22.7 Å². The third kappa shape index (κ3) is 4.24. The van der Waals surface area contributed by atoms with Crippen molar-refractivity contribution in [2.24, 2.45) is 5.92 Å². The van der Waals surface area contributed by atoms with Crippen LogP contribution in [0.25, 0.3) is 27.8 Å². The number of pyridine rings is 1. The van der Waals surface area contributed by atoms with Gasteiger partial charge < -0.3 is 14.6 Å². The lowest BCUT2D eigenvalue weighted by Crippen LogP contribution is -2.31. The Balaban J connectivity index is 1.56. The zero-order chi connectivity index (χ0) is 26.4. The van der Waals surface area contributed by atoms with Crippen LogP contribution in [0.3, 0.4) is 0 Å². The first-order valence-electron chi connectivity index (χ1n) is 13.5. The van der Waals surface area contributed by atoms with E-state index in [0.29, 0.717) is 12.5 Å². The van der Waals surface area contributed by atoms with Gasteiger partial charge in [0.1, 0.15) is 17.3 Å². The van der Waals surface area contributed by atoms with Crippen LogP contribution in [0.5, 0.6) is 5.75 Å². The zero-order valence-electron chi connectivity index (χ0n) is 22.9. The summed E-state index contributed by atoms with van der Waals surface area (Å²) in [7, 11) is 0. The molecule has 2 aromatic carbocycles. The predicted molar refractivity (Wildman–Crippen MR) is 154 cm³/mol. The molecule has 0 atom stereocenters. The monoisotopic (exact) mass is 505 g/mol. The molecule has 0 unspecified atom stereocenters. The van der Waals surface area contributed by atoms with Gasteiger partial charge in [0, 0.05) is 53.9 Å². The number of hydrogen-bond donors (Lipinski definition) is 1. The van der Waals surface area contributed by atoms with Gasteiger partial charge in [0.25, 0.3) is 0 Å². The third-order valence-electron chi connectivity index (χ3n) is 7.36. The summed E-state index contributed by atoms with van der Waals surface area (Å²) < 4.78 is 8.51. The van der Waals surface area contributed by atoms with Crippen LogP contribution < -0.4 is 9.64 Å². The second-order valence-corrected chi connectivity index (χ2v) is 10.9. The van der Waals surface area contributed by atoms with Crippen molar-refractivity contribution in [3.63, 3.8) is 0 Å². The number of nitrogens with one attached hydrogen (secondary N) is 1. The molecule has 4 heterocycles. The van der Waals surface area contributed by atoms with Crippen molar-refractivity contribution in [1.82, 2.24) is 19.7 Å². The zero-order valence-corrected chi connectivity index (χ0v) is 22.9. The third-order valence-corrected chi connectivity index (χ3v) is 7.36. The molecule has 5 aromatic rings. The number of aryl methyl sites for hydroxylation is 3. The first kappa shape index (κ1) is 24.3. The van der Waals surface area contributed by atoms with E-state index in [2.05, 4.69) is 97.7 Å². The van der Waals surface area contributed by atoms with E-state index in [0.717, 1.165) is 59.2 Å². The number of H-pyrrole nitrogens is 1. The molecular weight excluding hydrogens is 470 g/mol. The molecule has 0 radical (unpaired) electrons. The molecule has 1 aliphatic rings. The largest absolute Gasteiger partial charge is 0.491 e. The highest BCUT2D eigenvalue weighted by atomic mass is 16.5. The van der Waals surface area contributed by atoms with E-state index in [1.54, 1.807) is 0 Å². The van der Waals surface area contributed by atoms with Gasteiger partial charge in [-0.05, 0) is 61.6 Å². The second kappa shape index (κ2) is 9.67. The molecule has 38 heavy (non-hydrogen) atoms. The quantitative estimate of drug-likeness (QED) is 0.272. The van der Waals surface area contributed by atoms with Crippen LogP contribution >= 0.6 is 0 Å². The van der Waals surface area contributed by atoms with Gasteiger partial charge in [-0.3, -0.25) is 0 Å². The van der Waals surface area contributed by atoms with Crippen molar-refractivity contribution in [2.75, 3.05) is 18.1 Å². The van der Waals surface area contributed by atoms with E-state index >= 15 is 0 Å². The van der Waals surface area contributed by atoms with Crippen molar-refractivity contribution in [2.45, 2.75) is 47.6 Å². The summed E-state index contributed by atoms with van der Waals surface area (Å²) in [6, 6.07) is 17.1. The molecule has 0 bridgehead atoms. The van der Waals surface area contributed by atoms with Gasteiger partial charge in [-0.2, -0.15) is 5.10 Å². The summed E-state index contributed by atoms with van der Waals surface area (Å²) >= 11 is 0. The SMILES string of the molecule is Cc1cnc(N2CCc3nn(-c4c(C)cccc4OCC(C)C)c(-c4cccc5[nH]ccc45)c3C2)c(C)c1. The van der Waals surface area contributed by atoms with Crippen LogP contribution in [0, 0.1) is 26.7 Å². The number of fused-ring (bicyclic) bond motifs is 2. The minimum atomic E-state index is 0.432. The highest BCUT2D eigenvalue weighted by molar-refractivity contribution is 5.95. The Bertz CT molecular complexity index is 1630. The number of rotatable bonds is 6. The fourth-order valence-corrected chi connectivity index (χ4v) is 5.60. The first-order valence-corrected chi connectivity index (χ1v) is 13.5. The summed E-state index contributed by atoms with van der Waals surface area (Å²) in [5.41, 5.74) is 10.4. The van der Waals surface area contributed by atoms with Gasteiger partial charge in [-0.1, -0.05) is 44.2 Å². The number of anilines is 1. The molecule has 6 rings (SSSR count). The van der Waals surface area contributed by atoms with E-state index in [4.69, 9.17) is 14.8 Å². The number of aromatic amines is 1. The Morgan fingerprint density at radius 3 is 2.68 bits per heavy atom. The molecule has 0 saturated heterocycles. The molecule has 0 aliphatic carbocycles. The Hall–Kier alpha value is -4.06. The smallest absolute Gasteiger partial charge is 0.145 e. The lowest BCUT2D eigenvalue weighted by Gasteiger charge is -2.29. The average Bonchev–Trinajstić information content (AvgIpc) is 3.52. The standard InChI is InChI=1S/C32H35N5O/c1-20(2)19-38-29-11-6-8-22(4)30(29)37-31(25-9-7-10-27-24(25)12-14-33-27)26-18-36(15-13-28(26)35-37)32-23(5)16-21(3)17-34-32/h6-12,14,16-17,20,33H,13,15,18-19H2,1-5H3. The van der Waals surface area contributed by atoms with Gasteiger partial charge in [0.15, 0.2) is 0 Å². The number of ether oxygens (including phenoxy) is 1. The predicted octanol–water partition coefficient (Wildman–Crippen LogP) is 6.94. The van der Waals surface area contributed by atoms with Crippen LogP contribution in [0.2, 0.25) is 0 Å². The van der Waals surface area contributed by atoms with E-state index in [-0.39, 0.29) is 0 Å². The van der Waals surface area contributed by atoms with Crippen LogP contribution in [0.4, 0.5) is 5.82 Å². The molecule has 1 aliphatic heterocycles. The van der Waals surface area contributed by atoms with Crippen molar-refractivity contribution in [1.29, 1.82) is 0 Å². The minimum absolute atomic E-state index is 0.432. The fourth-order valence-electron chi connectivity index (χ4n) is 5.60. The van der Waals surface area contributed by atoms with Gasteiger partial charge in [0.05, 0.1) is 18.0 Å². The number of para-hydroxylation sites is 1. The van der Waals surface area contributed by atoms with Crippen LogP contribution in [0.15, 0.2) is 60.9 Å². The lowest BCUT2D eigenvalue weighted by molar-refractivity contribution is 0.270. The molecule has 0 saturated carbocycles. The van der Waals surface area contributed by atoms with Crippen LogP contribution in [-0.2, 0) is 13.0 Å². The molecule has 6 nitrogen and oxygen atoms in total. The summed E-state index contributed by atoms with van der Waals surface area (Å²) in [6.45, 7) is 13.1. The Labute approximate surface area is 224 Å². The molecule has 0 fully saturated rings. The molecule has 6 heteroatoms. The van der Waals surface area contributed by atoms with Crippen molar-refractivity contribution < 1.29 is 4.74 Å². The highest BCUT2D eigenvalue weighted by Crippen LogP contribution is 2.40. The van der Waals surface area contributed by atoms with E-state index in [9.17, 15) is 0 Å². The van der Waals surface area contributed by atoms with E-state index in [1.807, 2.05) is 12.4 Å². The Kier molecular flexibility index (Phi) is 6.18. The maximum absolute atomic E-state index is 6.36. The van der Waals surface area contributed by atoms with Gasteiger partial charge in [-0.15, -0.1) is 0 Å². The summed E-state index contributed by atoms with van der Waals surface area (Å²) in [6.07, 6.45) is 4.84. The Morgan fingerprint density at radius 1 is 1.03 bits per heavy atom. The molecule has 1 N–H and O–H groups in total. The lowest BCUT2D eigenvalue weighted by atomic mass is 9.98. The van der Waals surface area contributed by atoms with Crippen LogP contribution in [0.1, 0.15) is 41.8 Å². The number of hydrogen-bond acceptors (Lipinski definition) is 4. The summed E-state index contributed by atoms with van der Waals surface area (Å²) in [4.78, 5) is 10.6. The fraction of sp³-hybridized carbons (Fsp3) is 0.312. The Morgan fingerprint density at radius 2 is 1.87 bits per heavy atom. The van der Waals surface area contributed by atoms with Gasteiger partial charge in [-0.25, -0.2) is 9.67 Å². The highest BCUT2D eigenvalue weighted by Gasteiger charge is 2.29. The summed E-state index contributed by atoms with van der Waals surface area (Å²) in [5.74, 6) is 2.35. The summed E-state index contributed by atoms with van der Waals surface area (Å²) in [5, 5.41) is 6.47. The maximum Gasteiger partial charge on any atom is 0.145 e.